The molecule has 0 bridgehead atoms. The highest BCUT2D eigenvalue weighted by molar-refractivity contribution is 7.10. The molecule has 1 aromatic carbocycles. The van der Waals surface area contributed by atoms with E-state index in [0.717, 1.165) is 12.2 Å². The molecule has 2 rings (SSSR count). The highest BCUT2D eigenvalue weighted by atomic mass is 32.1. The molecule has 1 aromatic heterocycles. The highest BCUT2D eigenvalue weighted by Crippen LogP contribution is 2.23. The summed E-state index contributed by atoms with van der Waals surface area (Å²) in [6.07, 6.45) is 0.963. The van der Waals surface area contributed by atoms with Crippen molar-refractivity contribution < 1.29 is 4.74 Å². The van der Waals surface area contributed by atoms with Gasteiger partial charge in [-0.2, -0.15) is 0 Å². The van der Waals surface area contributed by atoms with Crippen molar-refractivity contribution in [1.82, 2.24) is 0 Å². The van der Waals surface area contributed by atoms with E-state index in [-0.39, 0.29) is 0 Å². The van der Waals surface area contributed by atoms with E-state index in [2.05, 4.69) is 36.6 Å². The molecule has 2 nitrogen and oxygen atoms in total. The Morgan fingerprint density at radius 3 is 2.83 bits per heavy atom. The molecule has 0 saturated heterocycles. The molecule has 18 heavy (non-hydrogen) atoms. The molecule has 1 atom stereocenters. The third kappa shape index (κ3) is 3.59. The van der Waals surface area contributed by atoms with E-state index in [9.17, 15) is 0 Å². The van der Waals surface area contributed by atoms with Gasteiger partial charge in [-0.15, -0.1) is 11.3 Å². The van der Waals surface area contributed by atoms with Crippen molar-refractivity contribution in [1.29, 1.82) is 0 Å². The largest absolute Gasteiger partial charge is 0.494 e. The minimum Gasteiger partial charge on any atom is -0.494 e. The Hall–Kier alpha value is -1.32. The first-order valence-corrected chi connectivity index (χ1v) is 7.10. The molecule has 2 N–H and O–H groups in total. The molecule has 0 amide bonds. The van der Waals surface area contributed by atoms with Gasteiger partial charge in [0.05, 0.1) is 6.61 Å². The van der Waals surface area contributed by atoms with Gasteiger partial charge in [-0.1, -0.05) is 18.2 Å². The Balaban J connectivity index is 1.84. The maximum absolute atomic E-state index is 5.82. The lowest BCUT2D eigenvalue weighted by Gasteiger charge is -2.13. The van der Waals surface area contributed by atoms with Gasteiger partial charge >= 0.3 is 0 Å². The van der Waals surface area contributed by atoms with Crippen LogP contribution in [0.15, 0.2) is 41.8 Å². The van der Waals surface area contributed by atoms with Crippen LogP contribution in [0.4, 0.5) is 0 Å². The van der Waals surface area contributed by atoms with Gasteiger partial charge in [0, 0.05) is 17.3 Å². The molecule has 0 radical (unpaired) electrons. The van der Waals surface area contributed by atoms with Crippen molar-refractivity contribution in [2.75, 3.05) is 13.2 Å². The summed E-state index contributed by atoms with van der Waals surface area (Å²) in [7, 11) is 0. The first kappa shape index (κ1) is 13.1. The van der Waals surface area contributed by atoms with Crippen LogP contribution in [0, 0.1) is 6.92 Å². The lowest BCUT2D eigenvalue weighted by molar-refractivity contribution is 0.299. The van der Waals surface area contributed by atoms with E-state index < -0.39 is 0 Å². The van der Waals surface area contributed by atoms with E-state index in [1.165, 1.54) is 10.4 Å². The summed E-state index contributed by atoms with van der Waals surface area (Å²) in [5.74, 6) is 1.35. The molecule has 1 heterocycles. The zero-order chi connectivity index (χ0) is 12.8. The Bertz CT molecular complexity index is 467. The molecule has 0 aliphatic heterocycles. The predicted molar refractivity (Wildman–Crippen MR) is 77.4 cm³/mol. The number of hydrogen-bond acceptors (Lipinski definition) is 3. The number of hydrogen-bond donors (Lipinski definition) is 1. The lowest BCUT2D eigenvalue weighted by Crippen LogP contribution is -2.14. The molecular formula is C15H19NOS. The number of aryl methyl sites for hydroxylation is 1. The summed E-state index contributed by atoms with van der Waals surface area (Å²) in [6, 6.07) is 12.4. The van der Waals surface area contributed by atoms with Gasteiger partial charge in [0.15, 0.2) is 0 Å². The molecule has 0 fully saturated rings. The van der Waals surface area contributed by atoms with Crippen molar-refractivity contribution in [3.63, 3.8) is 0 Å². The van der Waals surface area contributed by atoms with Gasteiger partial charge < -0.3 is 10.5 Å². The average molecular weight is 261 g/mol. The second-order valence-electron chi connectivity index (χ2n) is 4.40. The molecule has 0 aliphatic carbocycles. The molecule has 3 heteroatoms. The van der Waals surface area contributed by atoms with Crippen LogP contribution in [0.3, 0.4) is 0 Å². The van der Waals surface area contributed by atoms with Crippen molar-refractivity contribution in [3.8, 4) is 5.75 Å². The molecule has 1 unspecified atom stereocenters. The normalized spacial score (nSPS) is 12.3. The second-order valence-corrected chi connectivity index (χ2v) is 5.38. The minimum absolute atomic E-state index is 0.412. The number of rotatable bonds is 6. The summed E-state index contributed by atoms with van der Waals surface area (Å²) in [5.41, 5.74) is 7.04. The van der Waals surface area contributed by atoms with Crippen molar-refractivity contribution >= 4 is 11.3 Å². The molecule has 0 spiro atoms. The monoisotopic (exact) mass is 261 g/mol. The summed E-state index contributed by atoms with van der Waals surface area (Å²) < 4.78 is 5.77. The number of ether oxygens (including phenoxy) is 1. The Morgan fingerprint density at radius 1 is 1.28 bits per heavy atom. The van der Waals surface area contributed by atoms with E-state index in [0.29, 0.717) is 19.1 Å². The standard InChI is InChI=1S/C15H19NOS/c1-12-4-2-5-14(10-12)17-8-7-13(11-16)15-6-3-9-18-15/h2-6,9-10,13H,7-8,11,16H2,1H3. The number of nitrogens with two attached hydrogens (primary N) is 1. The Kier molecular flexibility index (Phi) is 4.79. The smallest absolute Gasteiger partial charge is 0.119 e. The third-order valence-corrected chi connectivity index (χ3v) is 3.99. The number of thiophene rings is 1. The van der Waals surface area contributed by atoms with Crippen LogP contribution in [0.2, 0.25) is 0 Å². The van der Waals surface area contributed by atoms with Gasteiger partial charge in [0.25, 0.3) is 0 Å². The maximum Gasteiger partial charge on any atom is 0.119 e. The van der Waals surface area contributed by atoms with E-state index in [1.807, 2.05) is 12.1 Å². The maximum atomic E-state index is 5.82. The van der Waals surface area contributed by atoms with Gasteiger partial charge in [-0.25, -0.2) is 0 Å². The van der Waals surface area contributed by atoms with Crippen molar-refractivity contribution in [2.24, 2.45) is 5.73 Å². The molecule has 2 aromatic rings. The molecule has 96 valence electrons. The van der Waals surface area contributed by atoms with Gasteiger partial charge in [0.1, 0.15) is 5.75 Å². The van der Waals surface area contributed by atoms with Crippen LogP contribution >= 0.6 is 11.3 Å². The SMILES string of the molecule is Cc1cccc(OCCC(CN)c2cccs2)c1. The zero-order valence-corrected chi connectivity index (χ0v) is 11.5. The number of benzene rings is 1. The molecule has 0 aliphatic rings. The minimum atomic E-state index is 0.412. The highest BCUT2D eigenvalue weighted by Gasteiger charge is 2.10. The zero-order valence-electron chi connectivity index (χ0n) is 10.6. The first-order valence-electron chi connectivity index (χ1n) is 6.22. The average Bonchev–Trinajstić information content (AvgIpc) is 2.88. The molecular weight excluding hydrogens is 242 g/mol. The van der Waals surface area contributed by atoms with Crippen LogP contribution in [0.25, 0.3) is 0 Å². The van der Waals surface area contributed by atoms with Crippen molar-refractivity contribution in [3.05, 3.63) is 52.2 Å². The summed E-state index contributed by atoms with van der Waals surface area (Å²) in [5, 5.41) is 2.10. The summed E-state index contributed by atoms with van der Waals surface area (Å²) >= 11 is 1.77. The summed E-state index contributed by atoms with van der Waals surface area (Å²) in [6.45, 7) is 3.46. The van der Waals surface area contributed by atoms with E-state index >= 15 is 0 Å². The fourth-order valence-electron chi connectivity index (χ4n) is 1.92. The van der Waals surface area contributed by atoms with Crippen LogP contribution in [0.5, 0.6) is 5.75 Å². The van der Waals surface area contributed by atoms with Crippen LogP contribution in [-0.2, 0) is 0 Å². The summed E-state index contributed by atoms with van der Waals surface area (Å²) in [4.78, 5) is 1.35. The Labute approximate surface area is 112 Å². The van der Waals surface area contributed by atoms with E-state index in [1.54, 1.807) is 11.3 Å². The second kappa shape index (κ2) is 6.57. The third-order valence-electron chi connectivity index (χ3n) is 2.95. The van der Waals surface area contributed by atoms with Gasteiger partial charge in [0.2, 0.25) is 0 Å². The lowest BCUT2D eigenvalue weighted by atomic mass is 10.0. The molecule has 0 saturated carbocycles. The van der Waals surface area contributed by atoms with Crippen LogP contribution < -0.4 is 10.5 Å². The topological polar surface area (TPSA) is 35.2 Å². The first-order chi connectivity index (χ1) is 8.79. The Morgan fingerprint density at radius 2 is 2.17 bits per heavy atom. The van der Waals surface area contributed by atoms with Gasteiger partial charge in [-0.3, -0.25) is 0 Å². The van der Waals surface area contributed by atoms with Crippen LogP contribution in [0.1, 0.15) is 22.8 Å². The van der Waals surface area contributed by atoms with Crippen LogP contribution in [-0.4, -0.2) is 13.2 Å². The fourth-order valence-corrected chi connectivity index (χ4v) is 2.80. The predicted octanol–water partition coefficient (Wildman–Crippen LogP) is 3.57. The fraction of sp³-hybridized carbons (Fsp3) is 0.333. The quantitative estimate of drug-likeness (QED) is 0.862. The van der Waals surface area contributed by atoms with E-state index in [4.69, 9.17) is 10.5 Å². The van der Waals surface area contributed by atoms with Crippen molar-refractivity contribution in [2.45, 2.75) is 19.3 Å². The van der Waals surface area contributed by atoms with Gasteiger partial charge in [-0.05, 0) is 42.5 Å².